The predicted molar refractivity (Wildman–Crippen MR) is 112 cm³/mol. The Morgan fingerprint density at radius 1 is 1.31 bits per heavy atom. The van der Waals surface area contributed by atoms with Gasteiger partial charge in [-0.1, -0.05) is 23.7 Å². The molecule has 1 amide bonds. The van der Waals surface area contributed by atoms with E-state index in [0.717, 1.165) is 33.4 Å². The van der Waals surface area contributed by atoms with Gasteiger partial charge in [-0.05, 0) is 50.9 Å². The summed E-state index contributed by atoms with van der Waals surface area (Å²) in [5.74, 6) is 1.20. The van der Waals surface area contributed by atoms with Crippen molar-refractivity contribution in [2.45, 2.75) is 32.7 Å². The molecule has 148 valence electrons. The molecule has 3 aromatic rings. The molecule has 1 aliphatic heterocycles. The third-order valence-corrected chi connectivity index (χ3v) is 6.70. The van der Waals surface area contributed by atoms with Gasteiger partial charge in [0.1, 0.15) is 16.4 Å². The van der Waals surface area contributed by atoms with Crippen LogP contribution in [0.25, 0.3) is 5.00 Å². The molecule has 7 nitrogen and oxygen atoms in total. The van der Waals surface area contributed by atoms with Gasteiger partial charge in [0.15, 0.2) is 5.82 Å². The minimum absolute atomic E-state index is 0.000916. The SMILES string of the molecule is CCNC(=O)C1CC12N=C(c1ccc(Cl)cc1)c1c(C)nsc1-n1c(C)nnc12. The maximum absolute atomic E-state index is 12.7. The van der Waals surface area contributed by atoms with Gasteiger partial charge >= 0.3 is 0 Å². The molecule has 2 unspecified atom stereocenters. The summed E-state index contributed by atoms with van der Waals surface area (Å²) in [6.07, 6.45) is 0.607. The van der Waals surface area contributed by atoms with E-state index in [9.17, 15) is 4.79 Å². The second-order valence-corrected chi connectivity index (χ2v) is 8.59. The predicted octanol–water partition coefficient (Wildman–Crippen LogP) is 3.20. The van der Waals surface area contributed by atoms with Crippen molar-refractivity contribution >= 4 is 34.8 Å². The molecule has 1 aromatic carbocycles. The van der Waals surface area contributed by atoms with Crippen LogP contribution in [0.4, 0.5) is 0 Å². The van der Waals surface area contributed by atoms with Gasteiger partial charge in [-0.25, -0.2) is 0 Å². The number of hydrogen-bond acceptors (Lipinski definition) is 6. The Hall–Kier alpha value is -2.58. The van der Waals surface area contributed by atoms with Crippen LogP contribution in [0.5, 0.6) is 0 Å². The van der Waals surface area contributed by atoms with E-state index >= 15 is 0 Å². The fourth-order valence-electron chi connectivity index (χ4n) is 4.02. The lowest BCUT2D eigenvalue weighted by Crippen LogP contribution is -2.29. The van der Waals surface area contributed by atoms with E-state index < -0.39 is 5.54 Å². The van der Waals surface area contributed by atoms with Crippen molar-refractivity contribution in [1.82, 2.24) is 24.5 Å². The highest BCUT2D eigenvalue weighted by molar-refractivity contribution is 7.09. The van der Waals surface area contributed by atoms with Crippen LogP contribution in [0.15, 0.2) is 29.3 Å². The first-order chi connectivity index (χ1) is 14.0. The third-order valence-electron chi connectivity index (χ3n) is 5.52. The molecule has 1 N–H and O–H groups in total. The zero-order valence-corrected chi connectivity index (χ0v) is 17.8. The average molecular weight is 427 g/mol. The topological polar surface area (TPSA) is 85.1 Å². The largest absolute Gasteiger partial charge is 0.356 e. The van der Waals surface area contributed by atoms with Crippen molar-refractivity contribution in [3.05, 3.63) is 57.8 Å². The fraction of sp³-hybridized carbons (Fsp3) is 0.350. The minimum atomic E-state index is -0.722. The van der Waals surface area contributed by atoms with Crippen molar-refractivity contribution < 1.29 is 4.79 Å². The van der Waals surface area contributed by atoms with Crippen LogP contribution in [0.3, 0.4) is 0 Å². The summed E-state index contributed by atoms with van der Waals surface area (Å²) in [5, 5.41) is 13.3. The Kier molecular flexibility index (Phi) is 4.11. The second kappa shape index (κ2) is 6.47. The van der Waals surface area contributed by atoms with E-state index in [1.165, 1.54) is 11.5 Å². The van der Waals surface area contributed by atoms with Crippen molar-refractivity contribution in [2.24, 2.45) is 10.9 Å². The Balaban J connectivity index is 1.77. The highest BCUT2D eigenvalue weighted by atomic mass is 35.5. The number of nitrogens with zero attached hydrogens (tertiary/aromatic N) is 5. The van der Waals surface area contributed by atoms with Gasteiger partial charge in [-0.15, -0.1) is 10.2 Å². The van der Waals surface area contributed by atoms with Crippen LogP contribution in [-0.4, -0.2) is 37.3 Å². The van der Waals surface area contributed by atoms with Gasteiger partial charge in [-0.2, -0.15) is 4.37 Å². The van der Waals surface area contributed by atoms with Crippen molar-refractivity contribution in [3.8, 4) is 5.00 Å². The molecule has 2 aromatic heterocycles. The summed E-state index contributed by atoms with van der Waals surface area (Å²) < 4.78 is 6.60. The van der Waals surface area contributed by atoms with E-state index in [1.807, 2.05) is 49.6 Å². The molecule has 29 heavy (non-hydrogen) atoms. The van der Waals surface area contributed by atoms with E-state index in [1.54, 1.807) is 0 Å². The monoisotopic (exact) mass is 426 g/mol. The number of hydrogen-bond donors (Lipinski definition) is 1. The zero-order valence-electron chi connectivity index (χ0n) is 16.2. The Bertz CT molecular complexity index is 1160. The highest BCUT2D eigenvalue weighted by Crippen LogP contribution is 2.57. The highest BCUT2D eigenvalue weighted by Gasteiger charge is 2.64. The van der Waals surface area contributed by atoms with E-state index in [4.69, 9.17) is 16.6 Å². The van der Waals surface area contributed by atoms with Crippen LogP contribution < -0.4 is 5.32 Å². The van der Waals surface area contributed by atoms with Crippen molar-refractivity contribution in [2.75, 3.05) is 6.54 Å². The average Bonchev–Trinajstić information content (AvgIpc) is 3.16. The standard InChI is InChI=1S/C20H19ClN6OS/c1-4-22-17(28)14-9-20(14)19-25-24-11(3)27(19)18-15(10(2)26-29-18)16(23-20)12-5-7-13(21)8-6-12/h5-8,14H,4,9H2,1-3H3,(H,22,28). The van der Waals surface area contributed by atoms with Crippen molar-refractivity contribution in [3.63, 3.8) is 0 Å². The number of carbonyl (C=O) groups is 1. The number of nitrogens with one attached hydrogen (secondary N) is 1. The number of aromatic nitrogens is 4. The number of amides is 1. The Morgan fingerprint density at radius 3 is 2.79 bits per heavy atom. The first-order valence-electron chi connectivity index (χ1n) is 9.49. The van der Waals surface area contributed by atoms with Gasteiger partial charge < -0.3 is 5.32 Å². The quantitative estimate of drug-likeness (QED) is 0.696. The Morgan fingerprint density at radius 2 is 2.07 bits per heavy atom. The molecule has 0 bridgehead atoms. The van der Waals surface area contributed by atoms with E-state index in [2.05, 4.69) is 19.9 Å². The summed E-state index contributed by atoms with van der Waals surface area (Å²) in [7, 11) is 0. The van der Waals surface area contributed by atoms with Gasteiger partial charge in [-0.3, -0.25) is 14.4 Å². The maximum Gasteiger partial charge on any atom is 0.226 e. The maximum atomic E-state index is 12.7. The van der Waals surface area contributed by atoms with E-state index in [-0.39, 0.29) is 11.8 Å². The lowest BCUT2D eigenvalue weighted by molar-refractivity contribution is -0.122. The number of benzene rings is 1. The molecule has 1 aliphatic carbocycles. The third kappa shape index (κ3) is 2.66. The molecular formula is C20H19ClN6OS. The van der Waals surface area contributed by atoms with Gasteiger partial charge in [0, 0.05) is 17.1 Å². The summed E-state index contributed by atoms with van der Waals surface area (Å²) in [5.41, 5.74) is 2.89. The molecular weight excluding hydrogens is 408 g/mol. The van der Waals surface area contributed by atoms with Crippen LogP contribution >= 0.6 is 23.1 Å². The number of halogens is 1. The smallest absolute Gasteiger partial charge is 0.226 e. The first-order valence-corrected chi connectivity index (χ1v) is 10.6. The first kappa shape index (κ1) is 18.4. The lowest BCUT2D eigenvalue weighted by Gasteiger charge is -2.12. The molecule has 2 aliphatic rings. The van der Waals surface area contributed by atoms with E-state index in [0.29, 0.717) is 23.8 Å². The summed E-state index contributed by atoms with van der Waals surface area (Å²) >= 11 is 7.51. The molecule has 5 rings (SSSR count). The second-order valence-electron chi connectivity index (χ2n) is 7.40. The summed E-state index contributed by atoms with van der Waals surface area (Å²) in [6.45, 7) is 6.40. The zero-order chi connectivity index (χ0) is 20.3. The van der Waals surface area contributed by atoms with Gasteiger partial charge in [0.25, 0.3) is 0 Å². The molecule has 1 saturated carbocycles. The van der Waals surface area contributed by atoms with Crippen LogP contribution in [0, 0.1) is 19.8 Å². The molecule has 0 radical (unpaired) electrons. The number of carbonyl (C=O) groups excluding carboxylic acids is 1. The number of rotatable bonds is 3. The van der Waals surface area contributed by atoms with Crippen LogP contribution in [0.1, 0.15) is 41.8 Å². The molecule has 0 saturated heterocycles. The molecule has 3 heterocycles. The lowest BCUT2D eigenvalue weighted by atomic mass is 10.0. The molecule has 2 atom stereocenters. The van der Waals surface area contributed by atoms with Gasteiger partial charge in [0.05, 0.1) is 22.9 Å². The Labute approximate surface area is 177 Å². The minimum Gasteiger partial charge on any atom is -0.356 e. The summed E-state index contributed by atoms with van der Waals surface area (Å²) in [6, 6.07) is 7.62. The number of fused-ring (bicyclic) bond motifs is 4. The van der Waals surface area contributed by atoms with Crippen molar-refractivity contribution in [1.29, 1.82) is 0 Å². The fourth-order valence-corrected chi connectivity index (χ4v) is 5.10. The van der Waals surface area contributed by atoms with Crippen LogP contribution in [-0.2, 0) is 10.3 Å². The molecule has 9 heteroatoms. The van der Waals surface area contributed by atoms with Gasteiger partial charge in [0.2, 0.25) is 5.91 Å². The molecule has 1 fully saturated rings. The number of aryl methyl sites for hydroxylation is 2. The summed E-state index contributed by atoms with van der Waals surface area (Å²) in [4.78, 5) is 17.9. The number of aliphatic imine (C=N–C) groups is 1. The molecule has 1 spiro atoms. The van der Waals surface area contributed by atoms with Crippen LogP contribution in [0.2, 0.25) is 5.02 Å². The normalized spacial score (nSPS) is 21.9.